The summed E-state index contributed by atoms with van der Waals surface area (Å²) in [6.07, 6.45) is 3.55. The molecule has 0 saturated heterocycles. The highest BCUT2D eigenvalue weighted by molar-refractivity contribution is 6.31. The number of hydrogen-bond donors (Lipinski definition) is 2. The van der Waals surface area contributed by atoms with Gasteiger partial charge in [0.25, 0.3) is 11.8 Å². The molecule has 0 atom stereocenters. The van der Waals surface area contributed by atoms with Crippen LogP contribution in [0.2, 0.25) is 5.02 Å². The van der Waals surface area contributed by atoms with E-state index in [2.05, 4.69) is 15.6 Å². The molecule has 1 aliphatic heterocycles. The molecule has 0 aliphatic carbocycles. The van der Waals surface area contributed by atoms with Gasteiger partial charge in [0.1, 0.15) is 0 Å². The largest absolute Gasteiger partial charge is 0.349 e. The van der Waals surface area contributed by atoms with Crippen molar-refractivity contribution in [3.8, 4) is 0 Å². The third-order valence-corrected chi connectivity index (χ3v) is 4.91. The van der Waals surface area contributed by atoms with E-state index in [1.807, 2.05) is 24.5 Å². The topological polar surface area (TPSA) is 76.0 Å². The first-order valence-corrected chi connectivity index (χ1v) is 9.34. The predicted molar refractivity (Wildman–Crippen MR) is 102 cm³/mol. The SMILES string of the molecule is CCCNC(=O)c1nc(C(=O)Nc2ccc(C)c(Cl)c2)c2n1CCCC2. The smallest absolute Gasteiger partial charge is 0.287 e. The summed E-state index contributed by atoms with van der Waals surface area (Å²) >= 11 is 6.13. The molecule has 2 amide bonds. The van der Waals surface area contributed by atoms with E-state index in [1.165, 1.54) is 0 Å². The maximum atomic E-state index is 12.8. The van der Waals surface area contributed by atoms with E-state index in [9.17, 15) is 9.59 Å². The van der Waals surface area contributed by atoms with Crippen LogP contribution in [0.1, 0.15) is 58.6 Å². The van der Waals surface area contributed by atoms with Crippen molar-refractivity contribution in [2.75, 3.05) is 11.9 Å². The number of anilines is 1. The zero-order valence-electron chi connectivity index (χ0n) is 15.1. The van der Waals surface area contributed by atoms with Crippen LogP contribution in [0.25, 0.3) is 0 Å². The molecule has 0 fully saturated rings. The quantitative estimate of drug-likeness (QED) is 0.839. The molecule has 26 heavy (non-hydrogen) atoms. The summed E-state index contributed by atoms with van der Waals surface area (Å²) in [7, 11) is 0. The van der Waals surface area contributed by atoms with Gasteiger partial charge in [-0.15, -0.1) is 0 Å². The van der Waals surface area contributed by atoms with Crippen molar-refractivity contribution in [1.82, 2.24) is 14.9 Å². The first kappa shape index (κ1) is 18.5. The van der Waals surface area contributed by atoms with E-state index < -0.39 is 0 Å². The van der Waals surface area contributed by atoms with Crippen molar-refractivity contribution < 1.29 is 9.59 Å². The normalized spacial score (nSPS) is 13.2. The van der Waals surface area contributed by atoms with Gasteiger partial charge in [0.15, 0.2) is 11.5 Å². The monoisotopic (exact) mass is 374 g/mol. The Morgan fingerprint density at radius 2 is 2.08 bits per heavy atom. The van der Waals surface area contributed by atoms with Gasteiger partial charge in [0.05, 0.1) is 5.69 Å². The number of nitrogens with zero attached hydrogens (tertiary/aromatic N) is 2. The van der Waals surface area contributed by atoms with E-state index in [-0.39, 0.29) is 11.8 Å². The second-order valence-electron chi connectivity index (χ2n) is 6.51. The molecule has 1 aliphatic rings. The van der Waals surface area contributed by atoms with E-state index in [0.29, 0.717) is 35.3 Å². The molecule has 2 N–H and O–H groups in total. The molecule has 0 radical (unpaired) electrons. The summed E-state index contributed by atoms with van der Waals surface area (Å²) in [5.74, 6) is -0.224. The van der Waals surface area contributed by atoms with Crippen molar-refractivity contribution in [2.45, 2.75) is 46.1 Å². The van der Waals surface area contributed by atoms with Crippen LogP contribution in [0.15, 0.2) is 18.2 Å². The van der Waals surface area contributed by atoms with Gasteiger partial charge in [-0.05, 0) is 50.3 Å². The van der Waals surface area contributed by atoms with Crippen LogP contribution in [-0.2, 0) is 13.0 Å². The van der Waals surface area contributed by atoms with Crippen molar-refractivity contribution in [3.05, 3.63) is 46.0 Å². The van der Waals surface area contributed by atoms with Crippen molar-refractivity contribution in [3.63, 3.8) is 0 Å². The number of carbonyl (C=O) groups is 2. The second-order valence-corrected chi connectivity index (χ2v) is 6.92. The van der Waals surface area contributed by atoms with Crippen LogP contribution in [0.3, 0.4) is 0 Å². The first-order chi connectivity index (χ1) is 12.5. The van der Waals surface area contributed by atoms with Gasteiger partial charge < -0.3 is 15.2 Å². The van der Waals surface area contributed by atoms with Crippen LogP contribution < -0.4 is 10.6 Å². The number of aromatic nitrogens is 2. The Balaban J connectivity index is 1.88. The maximum absolute atomic E-state index is 12.8. The third kappa shape index (κ3) is 3.75. The lowest BCUT2D eigenvalue weighted by Crippen LogP contribution is -2.28. The number of carbonyl (C=O) groups excluding carboxylic acids is 2. The molecular weight excluding hydrogens is 352 g/mol. The number of benzene rings is 1. The van der Waals surface area contributed by atoms with Crippen LogP contribution in [0, 0.1) is 6.92 Å². The fourth-order valence-corrected chi connectivity index (χ4v) is 3.26. The molecule has 0 spiro atoms. The highest BCUT2D eigenvalue weighted by Crippen LogP contribution is 2.24. The van der Waals surface area contributed by atoms with Crippen molar-refractivity contribution >= 4 is 29.1 Å². The molecule has 138 valence electrons. The third-order valence-electron chi connectivity index (χ3n) is 4.50. The highest BCUT2D eigenvalue weighted by atomic mass is 35.5. The molecule has 3 rings (SSSR count). The van der Waals surface area contributed by atoms with E-state index >= 15 is 0 Å². The zero-order valence-corrected chi connectivity index (χ0v) is 15.8. The Morgan fingerprint density at radius 3 is 2.81 bits per heavy atom. The lowest BCUT2D eigenvalue weighted by molar-refractivity contribution is 0.0937. The number of aryl methyl sites for hydroxylation is 1. The molecule has 2 aromatic rings. The molecule has 0 unspecified atom stereocenters. The minimum Gasteiger partial charge on any atom is -0.349 e. The molecular formula is C19H23ClN4O2. The first-order valence-electron chi connectivity index (χ1n) is 8.96. The van der Waals surface area contributed by atoms with E-state index in [0.717, 1.165) is 36.9 Å². The Bertz CT molecular complexity index is 844. The standard InChI is InChI=1S/C19H23ClN4O2/c1-3-9-21-19(26)17-23-16(15-6-4-5-10-24(15)17)18(25)22-13-8-7-12(2)14(20)11-13/h7-8,11H,3-6,9-10H2,1-2H3,(H,21,26)(H,22,25). The van der Waals surface area contributed by atoms with Gasteiger partial charge in [-0.25, -0.2) is 4.98 Å². The lowest BCUT2D eigenvalue weighted by Gasteiger charge is -2.17. The summed E-state index contributed by atoms with van der Waals surface area (Å²) < 4.78 is 1.88. The Kier molecular flexibility index (Phi) is 5.61. The number of halogens is 1. The average molecular weight is 375 g/mol. The van der Waals surface area contributed by atoms with Crippen LogP contribution >= 0.6 is 11.6 Å². The minimum atomic E-state index is -0.315. The number of nitrogens with one attached hydrogen (secondary N) is 2. The molecule has 6 nitrogen and oxygen atoms in total. The number of hydrogen-bond acceptors (Lipinski definition) is 3. The number of rotatable bonds is 5. The van der Waals surface area contributed by atoms with E-state index in [4.69, 9.17) is 11.6 Å². The van der Waals surface area contributed by atoms with Crippen LogP contribution in [0.5, 0.6) is 0 Å². The molecule has 0 saturated carbocycles. The molecule has 0 bridgehead atoms. The lowest BCUT2D eigenvalue weighted by atomic mass is 10.1. The summed E-state index contributed by atoms with van der Waals surface area (Å²) in [6.45, 7) is 5.19. The second kappa shape index (κ2) is 7.91. The number of fused-ring (bicyclic) bond motifs is 1. The summed E-state index contributed by atoms with van der Waals surface area (Å²) in [5, 5.41) is 6.28. The molecule has 7 heteroatoms. The predicted octanol–water partition coefficient (Wildman–Crippen LogP) is 3.57. The minimum absolute atomic E-state index is 0.229. The summed E-state index contributed by atoms with van der Waals surface area (Å²) in [5.41, 5.74) is 2.70. The van der Waals surface area contributed by atoms with Gasteiger partial charge in [-0.3, -0.25) is 9.59 Å². The maximum Gasteiger partial charge on any atom is 0.287 e. The highest BCUT2D eigenvalue weighted by Gasteiger charge is 2.27. The Morgan fingerprint density at radius 1 is 1.27 bits per heavy atom. The van der Waals surface area contributed by atoms with Crippen LogP contribution in [0.4, 0.5) is 5.69 Å². The summed E-state index contributed by atoms with van der Waals surface area (Å²) in [4.78, 5) is 29.6. The Hall–Kier alpha value is -2.34. The van der Waals surface area contributed by atoms with E-state index in [1.54, 1.807) is 12.1 Å². The van der Waals surface area contributed by atoms with Crippen molar-refractivity contribution in [2.24, 2.45) is 0 Å². The number of imidazole rings is 1. The van der Waals surface area contributed by atoms with Gasteiger partial charge in [0.2, 0.25) is 0 Å². The average Bonchev–Trinajstić information content (AvgIpc) is 3.03. The van der Waals surface area contributed by atoms with Crippen molar-refractivity contribution in [1.29, 1.82) is 0 Å². The van der Waals surface area contributed by atoms with Gasteiger partial charge in [-0.2, -0.15) is 0 Å². The fraction of sp³-hybridized carbons (Fsp3) is 0.421. The molecule has 1 aromatic heterocycles. The van der Waals surface area contributed by atoms with Gasteiger partial charge in [-0.1, -0.05) is 24.6 Å². The molecule has 2 heterocycles. The fourth-order valence-electron chi connectivity index (χ4n) is 3.08. The Labute approximate surface area is 157 Å². The number of amides is 2. The van der Waals surface area contributed by atoms with Gasteiger partial charge >= 0.3 is 0 Å². The zero-order chi connectivity index (χ0) is 18.7. The van der Waals surface area contributed by atoms with Crippen LogP contribution in [-0.4, -0.2) is 27.9 Å². The van der Waals surface area contributed by atoms with Gasteiger partial charge in [0, 0.05) is 23.8 Å². The molecule has 1 aromatic carbocycles. The summed E-state index contributed by atoms with van der Waals surface area (Å²) in [6, 6.07) is 5.37.